The van der Waals surface area contributed by atoms with Gasteiger partial charge < -0.3 is 10.1 Å². The van der Waals surface area contributed by atoms with Gasteiger partial charge in [-0.25, -0.2) is 13.1 Å². The number of carbonyl (C=O) groups is 1. The molecule has 1 heterocycles. The van der Waals surface area contributed by atoms with Gasteiger partial charge in [-0.05, 0) is 30.8 Å². The number of hydrogen-bond donors (Lipinski definition) is 2. The molecule has 1 aliphatic rings. The Morgan fingerprint density at radius 3 is 2.58 bits per heavy atom. The zero-order valence-corrected chi connectivity index (χ0v) is 14.0. The maximum atomic E-state index is 12.4. The first kappa shape index (κ1) is 16.5. The normalized spacial score (nSPS) is 16.3. The highest BCUT2D eigenvalue weighted by Crippen LogP contribution is 2.33. The van der Waals surface area contributed by atoms with Gasteiger partial charge in [-0.1, -0.05) is 30.3 Å². The number of rotatable bonds is 5. The van der Waals surface area contributed by atoms with E-state index in [1.165, 1.54) is 19.2 Å². The maximum Gasteiger partial charge on any atom is 0.240 e. The van der Waals surface area contributed by atoms with Gasteiger partial charge in [0.2, 0.25) is 15.9 Å². The van der Waals surface area contributed by atoms with Crippen molar-refractivity contribution in [3.63, 3.8) is 0 Å². The summed E-state index contributed by atoms with van der Waals surface area (Å²) < 4.78 is 31.1. The van der Waals surface area contributed by atoms with Gasteiger partial charge in [-0.2, -0.15) is 0 Å². The van der Waals surface area contributed by atoms with Crippen molar-refractivity contribution in [1.82, 2.24) is 10.0 Å². The number of amides is 1. The summed E-state index contributed by atoms with van der Waals surface area (Å²) in [6, 6.07) is 13.9. The highest BCUT2D eigenvalue weighted by atomic mass is 32.2. The standard InChI is InChI=1S/C17H18N2O4S/c1-18-24(21,22)13-8-6-12(7-9-13)10-19-17(20)15-11-23-16-5-3-2-4-14(15)16/h2-9,15,18H,10-11H2,1H3,(H,19,20)/t15-/m0/s1. The largest absolute Gasteiger partial charge is 0.492 e. The number of hydrogen-bond acceptors (Lipinski definition) is 4. The number of sulfonamides is 1. The lowest BCUT2D eigenvalue weighted by molar-refractivity contribution is -0.122. The van der Waals surface area contributed by atoms with Crippen LogP contribution in [-0.2, 0) is 21.4 Å². The number of fused-ring (bicyclic) bond motifs is 1. The van der Waals surface area contributed by atoms with Crippen molar-refractivity contribution in [3.05, 3.63) is 59.7 Å². The van der Waals surface area contributed by atoms with Crippen LogP contribution in [0.5, 0.6) is 5.75 Å². The summed E-state index contributed by atoms with van der Waals surface area (Å²) >= 11 is 0. The summed E-state index contributed by atoms with van der Waals surface area (Å²) in [5.74, 6) is 0.330. The molecule has 2 aromatic carbocycles. The molecule has 1 aliphatic heterocycles. The third-order valence-corrected chi connectivity index (χ3v) is 5.42. The third-order valence-electron chi connectivity index (χ3n) is 3.99. The molecule has 3 rings (SSSR count). The number of para-hydroxylation sites is 1. The first-order valence-electron chi connectivity index (χ1n) is 7.53. The maximum absolute atomic E-state index is 12.4. The molecule has 7 heteroatoms. The lowest BCUT2D eigenvalue weighted by Crippen LogP contribution is -2.29. The Balaban J connectivity index is 1.63. The van der Waals surface area contributed by atoms with Gasteiger partial charge in [0.15, 0.2) is 0 Å². The minimum atomic E-state index is -3.45. The lowest BCUT2D eigenvalue weighted by atomic mass is 10.0. The van der Waals surface area contributed by atoms with Crippen LogP contribution in [-0.4, -0.2) is 28.0 Å². The van der Waals surface area contributed by atoms with Gasteiger partial charge in [-0.15, -0.1) is 0 Å². The van der Waals surface area contributed by atoms with Gasteiger partial charge in [0.25, 0.3) is 0 Å². The molecule has 0 saturated carbocycles. The van der Waals surface area contributed by atoms with E-state index in [9.17, 15) is 13.2 Å². The molecule has 126 valence electrons. The second-order valence-electron chi connectivity index (χ2n) is 5.47. The smallest absolute Gasteiger partial charge is 0.240 e. The second-order valence-corrected chi connectivity index (χ2v) is 7.36. The van der Waals surface area contributed by atoms with Crippen LogP contribution in [0.1, 0.15) is 17.0 Å². The van der Waals surface area contributed by atoms with Gasteiger partial charge in [0, 0.05) is 12.1 Å². The average Bonchev–Trinajstić information content (AvgIpc) is 3.04. The van der Waals surface area contributed by atoms with E-state index in [0.29, 0.717) is 13.2 Å². The van der Waals surface area contributed by atoms with E-state index in [1.54, 1.807) is 12.1 Å². The SMILES string of the molecule is CNS(=O)(=O)c1ccc(CNC(=O)[C@H]2COc3ccccc32)cc1. The lowest BCUT2D eigenvalue weighted by Gasteiger charge is -2.11. The molecule has 1 amide bonds. The fraction of sp³-hybridized carbons (Fsp3) is 0.235. The van der Waals surface area contributed by atoms with Crippen LogP contribution in [0.2, 0.25) is 0 Å². The molecule has 2 N–H and O–H groups in total. The highest BCUT2D eigenvalue weighted by Gasteiger charge is 2.29. The number of ether oxygens (including phenoxy) is 1. The summed E-state index contributed by atoms with van der Waals surface area (Å²) in [7, 11) is -2.08. The molecule has 0 unspecified atom stereocenters. The zero-order valence-electron chi connectivity index (χ0n) is 13.2. The Labute approximate surface area is 140 Å². The van der Waals surface area contributed by atoms with E-state index in [1.807, 2.05) is 24.3 Å². The van der Waals surface area contributed by atoms with Crippen molar-refractivity contribution in [3.8, 4) is 5.75 Å². The first-order valence-corrected chi connectivity index (χ1v) is 9.01. The van der Waals surface area contributed by atoms with Crippen molar-refractivity contribution < 1.29 is 17.9 Å². The number of nitrogens with one attached hydrogen (secondary N) is 2. The average molecular weight is 346 g/mol. The van der Waals surface area contributed by atoms with Crippen molar-refractivity contribution >= 4 is 15.9 Å². The monoisotopic (exact) mass is 346 g/mol. The van der Waals surface area contributed by atoms with Crippen LogP contribution < -0.4 is 14.8 Å². The fourth-order valence-corrected chi connectivity index (χ4v) is 3.33. The summed E-state index contributed by atoms with van der Waals surface area (Å²) in [5.41, 5.74) is 1.72. The van der Waals surface area contributed by atoms with E-state index < -0.39 is 10.0 Å². The summed E-state index contributed by atoms with van der Waals surface area (Å²) in [6.07, 6.45) is 0. The predicted molar refractivity (Wildman–Crippen MR) is 89.2 cm³/mol. The Kier molecular flexibility index (Phi) is 4.55. The minimum absolute atomic E-state index is 0.105. The molecule has 0 spiro atoms. The summed E-state index contributed by atoms with van der Waals surface area (Å²) in [5, 5.41) is 2.87. The van der Waals surface area contributed by atoms with Gasteiger partial charge >= 0.3 is 0 Å². The van der Waals surface area contributed by atoms with Gasteiger partial charge in [-0.3, -0.25) is 4.79 Å². The van der Waals surface area contributed by atoms with Crippen molar-refractivity contribution in [2.24, 2.45) is 0 Å². The van der Waals surface area contributed by atoms with E-state index in [4.69, 9.17) is 4.74 Å². The molecule has 0 bridgehead atoms. The van der Waals surface area contributed by atoms with Crippen LogP contribution in [0.4, 0.5) is 0 Å². The molecule has 1 atom stereocenters. The van der Waals surface area contributed by atoms with Crippen molar-refractivity contribution in [2.45, 2.75) is 17.4 Å². The molecule has 0 saturated heterocycles. The molecule has 0 fully saturated rings. The molecule has 0 radical (unpaired) electrons. The predicted octanol–water partition coefficient (Wildman–Crippen LogP) is 1.39. The van der Waals surface area contributed by atoms with Crippen LogP contribution in [0.15, 0.2) is 53.4 Å². The van der Waals surface area contributed by atoms with E-state index >= 15 is 0 Å². The van der Waals surface area contributed by atoms with E-state index in [-0.39, 0.29) is 16.7 Å². The molecule has 24 heavy (non-hydrogen) atoms. The summed E-state index contributed by atoms with van der Waals surface area (Å²) in [6.45, 7) is 0.669. The Morgan fingerprint density at radius 1 is 1.17 bits per heavy atom. The van der Waals surface area contributed by atoms with Crippen LogP contribution in [0.3, 0.4) is 0 Å². The van der Waals surface area contributed by atoms with Crippen molar-refractivity contribution in [2.75, 3.05) is 13.7 Å². The number of benzene rings is 2. The van der Waals surface area contributed by atoms with Gasteiger partial charge in [0.05, 0.1) is 4.90 Å². The third kappa shape index (κ3) is 3.27. The molecule has 0 aliphatic carbocycles. The topological polar surface area (TPSA) is 84.5 Å². The van der Waals surface area contributed by atoms with E-state index in [0.717, 1.165) is 16.9 Å². The van der Waals surface area contributed by atoms with Crippen molar-refractivity contribution in [1.29, 1.82) is 0 Å². The first-order chi connectivity index (χ1) is 11.5. The van der Waals surface area contributed by atoms with Crippen LogP contribution in [0.25, 0.3) is 0 Å². The minimum Gasteiger partial charge on any atom is -0.492 e. The Bertz CT molecular complexity index is 847. The van der Waals surface area contributed by atoms with E-state index in [2.05, 4.69) is 10.0 Å². The Hall–Kier alpha value is -2.38. The highest BCUT2D eigenvalue weighted by molar-refractivity contribution is 7.89. The number of carbonyl (C=O) groups excluding carboxylic acids is 1. The second kappa shape index (κ2) is 6.62. The summed E-state index contributed by atoms with van der Waals surface area (Å²) in [4.78, 5) is 12.5. The zero-order chi connectivity index (χ0) is 17.2. The Morgan fingerprint density at radius 2 is 1.88 bits per heavy atom. The molecule has 6 nitrogen and oxygen atoms in total. The molecule has 2 aromatic rings. The van der Waals surface area contributed by atoms with Gasteiger partial charge in [0.1, 0.15) is 18.3 Å². The molecular formula is C17H18N2O4S. The quantitative estimate of drug-likeness (QED) is 0.857. The van der Waals surface area contributed by atoms with Crippen LogP contribution in [0, 0.1) is 0 Å². The van der Waals surface area contributed by atoms with Crippen LogP contribution >= 0.6 is 0 Å². The molecule has 0 aromatic heterocycles. The fourth-order valence-electron chi connectivity index (χ4n) is 2.60. The molecular weight excluding hydrogens is 328 g/mol.